The molecule has 0 aliphatic heterocycles. The van der Waals surface area contributed by atoms with Gasteiger partial charge in [0.25, 0.3) is 0 Å². The van der Waals surface area contributed by atoms with Crippen molar-refractivity contribution in [2.45, 2.75) is 70.8 Å². The molecule has 0 unspecified atom stereocenters. The summed E-state index contributed by atoms with van der Waals surface area (Å²) in [7, 11) is 0. The van der Waals surface area contributed by atoms with Gasteiger partial charge in [-0.3, -0.25) is 0 Å². The first kappa shape index (κ1) is 20.2. The molecule has 1 saturated carbocycles. The highest BCUT2D eigenvalue weighted by molar-refractivity contribution is 5.98. The van der Waals surface area contributed by atoms with Crippen molar-refractivity contribution in [1.29, 1.82) is 5.41 Å². The van der Waals surface area contributed by atoms with Gasteiger partial charge in [-0.05, 0) is 49.3 Å². The molecule has 3 N–H and O–H groups in total. The molecule has 4 nitrogen and oxygen atoms in total. The lowest BCUT2D eigenvalue weighted by atomic mass is 10.0. The van der Waals surface area contributed by atoms with Crippen LogP contribution in [0.3, 0.4) is 0 Å². The van der Waals surface area contributed by atoms with E-state index in [0.29, 0.717) is 24.7 Å². The maximum Gasteiger partial charge on any atom is 0.315 e. The number of carbonyl (C=O) groups is 1. The third-order valence-electron chi connectivity index (χ3n) is 4.97. The fourth-order valence-electron chi connectivity index (χ4n) is 3.47. The molecular formula is C22H33N3O. The number of hydrogen-bond acceptors (Lipinski definition) is 2. The van der Waals surface area contributed by atoms with E-state index >= 15 is 0 Å². The maximum atomic E-state index is 12.0. The van der Waals surface area contributed by atoms with Gasteiger partial charge >= 0.3 is 6.03 Å². The van der Waals surface area contributed by atoms with Crippen LogP contribution in [0, 0.1) is 5.41 Å². The summed E-state index contributed by atoms with van der Waals surface area (Å²) in [6, 6.07) is 10.5. The Hall–Kier alpha value is -2.10. The van der Waals surface area contributed by atoms with Crippen LogP contribution >= 0.6 is 0 Å². The van der Waals surface area contributed by atoms with Crippen molar-refractivity contribution in [1.82, 2.24) is 10.6 Å². The quantitative estimate of drug-likeness (QED) is 0.330. The van der Waals surface area contributed by atoms with Crippen LogP contribution < -0.4 is 10.6 Å². The van der Waals surface area contributed by atoms with Gasteiger partial charge in [-0.2, -0.15) is 0 Å². The molecule has 2 amide bonds. The highest BCUT2D eigenvalue weighted by Gasteiger charge is 2.14. The molecule has 4 heteroatoms. The van der Waals surface area contributed by atoms with Crippen LogP contribution in [0.4, 0.5) is 4.79 Å². The summed E-state index contributed by atoms with van der Waals surface area (Å²) in [5.74, 6) is 0. The van der Waals surface area contributed by atoms with E-state index in [9.17, 15) is 4.79 Å². The summed E-state index contributed by atoms with van der Waals surface area (Å²) in [5.41, 5.74) is 2.99. The van der Waals surface area contributed by atoms with Crippen LogP contribution in [-0.2, 0) is 0 Å². The first-order chi connectivity index (χ1) is 12.7. The number of hydrogen-bond donors (Lipinski definition) is 3. The van der Waals surface area contributed by atoms with Crippen molar-refractivity contribution in [2.75, 3.05) is 6.54 Å². The van der Waals surface area contributed by atoms with E-state index in [2.05, 4.69) is 29.7 Å². The average molecular weight is 356 g/mol. The summed E-state index contributed by atoms with van der Waals surface area (Å²) in [5, 5.41) is 14.2. The van der Waals surface area contributed by atoms with E-state index in [-0.39, 0.29) is 6.03 Å². The topological polar surface area (TPSA) is 65.0 Å². The number of nitrogens with one attached hydrogen (secondary N) is 3. The lowest BCUT2D eigenvalue weighted by molar-refractivity contribution is 0.235. The average Bonchev–Trinajstić information content (AvgIpc) is 2.92. The van der Waals surface area contributed by atoms with Crippen LogP contribution in [0.25, 0.3) is 5.57 Å². The van der Waals surface area contributed by atoms with Crippen molar-refractivity contribution in [3.05, 3.63) is 42.0 Å². The van der Waals surface area contributed by atoms with E-state index in [1.807, 2.05) is 24.3 Å². The predicted octanol–water partition coefficient (Wildman–Crippen LogP) is 5.30. The van der Waals surface area contributed by atoms with Crippen LogP contribution in [-0.4, -0.2) is 24.3 Å². The Labute approximate surface area is 158 Å². The SMILES string of the molecule is CC/C(=C\C(=N)CCCNC(=O)NC1CCCCCC1)c1ccccc1. The van der Waals surface area contributed by atoms with Gasteiger partial charge in [-0.15, -0.1) is 0 Å². The molecular weight excluding hydrogens is 322 g/mol. The Kier molecular flexibility index (Phi) is 8.94. The van der Waals surface area contributed by atoms with Gasteiger partial charge in [0.1, 0.15) is 0 Å². The molecule has 1 aromatic rings. The fourth-order valence-corrected chi connectivity index (χ4v) is 3.47. The van der Waals surface area contributed by atoms with Crippen molar-refractivity contribution in [3.63, 3.8) is 0 Å². The summed E-state index contributed by atoms with van der Waals surface area (Å²) >= 11 is 0. The van der Waals surface area contributed by atoms with Crippen molar-refractivity contribution >= 4 is 17.3 Å². The smallest absolute Gasteiger partial charge is 0.315 e. The van der Waals surface area contributed by atoms with E-state index in [4.69, 9.17) is 5.41 Å². The third kappa shape index (κ3) is 7.42. The first-order valence-corrected chi connectivity index (χ1v) is 10.1. The Morgan fingerprint density at radius 2 is 1.85 bits per heavy atom. The second kappa shape index (κ2) is 11.5. The minimum absolute atomic E-state index is 0.0579. The minimum atomic E-state index is -0.0579. The largest absolute Gasteiger partial charge is 0.338 e. The molecule has 142 valence electrons. The predicted molar refractivity (Wildman–Crippen MR) is 110 cm³/mol. The van der Waals surface area contributed by atoms with E-state index < -0.39 is 0 Å². The van der Waals surface area contributed by atoms with E-state index in [0.717, 1.165) is 25.7 Å². The zero-order valence-corrected chi connectivity index (χ0v) is 16.0. The number of amides is 2. The third-order valence-corrected chi connectivity index (χ3v) is 4.97. The molecule has 0 saturated heterocycles. The summed E-state index contributed by atoms with van der Waals surface area (Å²) in [4.78, 5) is 12.0. The van der Waals surface area contributed by atoms with Crippen LogP contribution in [0.15, 0.2) is 36.4 Å². The molecule has 1 aliphatic carbocycles. The summed E-state index contributed by atoms with van der Waals surface area (Å²) in [6.45, 7) is 2.73. The normalized spacial score (nSPS) is 16.0. The number of carbonyl (C=O) groups excluding carboxylic acids is 1. The van der Waals surface area contributed by atoms with Gasteiger partial charge in [0, 0.05) is 18.3 Å². The zero-order chi connectivity index (χ0) is 18.6. The molecule has 1 fully saturated rings. The lowest BCUT2D eigenvalue weighted by Gasteiger charge is -2.16. The molecule has 1 aliphatic rings. The van der Waals surface area contributed by atoms with Crippen molar-refractivity contribution in [3.8, 4) is 0 Å². The lowest BCUT2D eigenvalue weighted by Crippen LogP contribution is -2.42. The highest BCUT2D eigenvalue weighted by atomic mass is 16.2. The second-order valence-corrected chi connectivity index (χ2v) is 7.11. The Bertz CT molecular complexity index is 587. The van der Waals surface area contributed by atoms with Crippen LogP contribution in [0.2, 0.25) is 0 Å². The monoisotopic (exact) mass is 355 g/mol. The van der Waals surface area contributed by atoms with Crippen LogP contribution in [0.1, 0.15) is 70.3 Å². The number of benzene rings is 1. The summed E-state index contributed by atoms with van der Waals surface area (Å²) in [6.07, 6.45) is 11.6. The zero-order valence-electron chi connectivity index (χ0n) is 16.0. The molecule has 0 bridgehead atoms. The standard InChI is InChI=1S/C22H33N3O/c1-2-18(19-11-6-5-7-12-19)17-20(23)13-10-16-24-22(26)25-21-14-8-3-4-9-15-21/h5-7,11-12,17,21,23H,2-4,8-10,13-16H2,1H3,(H2,24,25,26)/b18-17+,23-20?. The van der Waals surface area contributed by atoms with Gasteiger partial charge < -0.3 is 16.0 Å². The maximum absolute atomic E-state index is 12.0. The van der Waals surface area contributed by atoms with Crippen molar-refractivity contribution < 1.29 is 4.79 Å². The second-order valence-electron chi connectivity index (χ2n) is 7.11. The summed E-state index contributed by atoms with van der Waals surface area (Å²) < 4.78 is 0. The molecule has 0 atom stereocenters. The van der Waals surface area contributed by atoms with Gasteiger partial charge in [-0.1, -0.05) is 62.9 Å². The number of allylic oxidation sites excluding steroid dienone is 2. The van der Waals surface area contributed by atoms with Gasteiger partial charge in [0.2, 0.25) is 0 Å². The molecule has 0 radical (unpaired) electrons. The van der Waals surface area contributed by atoms with Gasteiger partial charge in [-0.25, -0.2) is 4.79 Å². The molecule has 0 spiro atoms. The molecule has 2 rings (SSSR count). The van der Waals surface area contributed by atoms with Gasteiger partial charge in [0.05, 0.1) is 0 Å². The first-order valence-electron chi connectivity index (χ1n) is 10.1. The number of urea groups is 1. The number of rotatable bonds is 8. The Morgan fingerprint density at radius 3 is 2.50 bits per heavy atom. The molecule has 26 heavy (non-hydrogen) atoms. The van der Waals surface area contributed by atoms with E-state index in [1.165, 1.54) is 36.8 Å². The molecule has 1 aromatic carbocycles. The minimum Gasteiger partial charge on any atom is -0.338 e. The Morgan fingerprint density at radius 1 is 1.15 bits per heavy atom. The fraction of sp³-hybridized carbons (Fsp3) is 0.545. The molecule has 0 heterocycles. The van der Waals surface area contributed by atoms with Gasteiger partial charge in [0.15, 0.2) is 0 Å². The van der Waals surface area contributed by atoms with Crippen LogP contribution in [0.5, 0.6) is 0 Å². The Balaban J connectivity index is 1.67. The highest BCUT2D eigenvalue weighted by Crippen LogP contribution is 2.18. The van der Waals surface area contributed by atoms with Crippen molar-refractivity contribution in [2.24, 2.45) is 0 Å². The molecule has 0 aromatic heterocycles. The van der Waals surface area contributed by atoms with E-state index in [1.54, 1.807) is 0 Å².